The fraction of sp³-hybridized carbons (Fsp3) is 0.667. The van der Waals surface area contributed by atoms with Crippen molar-refractivity contribution in [1.82, 2.24) is 4.90 Å². The standard InChI is InChI=1S/C3H9N3O/c1-6(2-7)3(4)5/h2-3H,4-5H2,1H3. The summed E-state index contributed by atoms with van der Waals surface area (Å²) in [5.41, 5.74) is 10.0. The predicted molar refractivity (Wildman–Crippen MR) is 26.0 cm³/mol. The van der Waals surface area contributed by atoms with Crippen LogP contribution in [0.1, 0.15) is 0 Å². The van der Waals surface area contributed by atoms with Crippen LogP contribution in [-0.2, 0) is 4.79 Å². The number of nitrogens with zero attached hydrogens (tertiary/aromatic N) is 1. The zero-order valence-corrected chi connectivity index (χ0v) is 4.16. The van der Waals surface area contributed by atoms with Gasteiger partial charge in [0.25, 0.3) is 0 Å². The van der Waals surface area contributed by atoms with E-state index in [1.165, 1.54) is 11.9 Å². The lowest BCUT2D eigenvalue weighted by atomic mass is 10.8. The van der Waals surface area contributed by atoms with Crippen molar-refractivity contribution in [2.24, 2.45) is 11.5 Å². The molecule has 0 saturated carbocycles. The Morgan fingerprint density at radius 1 is 1.71 bits per heavy atom. The van der Waals surface area contributed by atoms with Gasteiger partial charge in [-0.2, -0.15) is 0 Å². The first-order chi connectivity index (χ1) is 3.18. The van der Waals surface area contributed by atoms with E-state index >= 15 is 0 Å². The monoisotopic (exact) mass is 103 g/mol. The minimum Gasteiger partial charge on any atom is -0.320 e. The molecule has 0 saturated heterocycles. The van der Waals surface area contributed by atoms with Crippen molar-refractivity contribution in [3.63, 3.8) is 0 Å². The number of nitrogens with two attached hydrogens (primary N) is 2. The molecule has 4 nitrogen and oxygen atoms in total. The van der Waals surface area contributed by atoms with E-state index in [-0.39, 0.29) is 0 Å². The molecule has 0 aromatic heterocycles. The van der Waals surface area contributed by atoms with Gasteiger partial charge in [-0.3, -0.25) is 16.3 Å². The third-order valence-corrected chi connectivity index (χ3v) is 0.637. The second kappa shape index (κ2) is 2.54. The van der Waals surface area contributed by atoms with Crippen LogP contribution in [-0.4, -0.2) is 24.6 Å². The van der Waals surface area contributed by atoms with Gasteiger partial charge in [-0.25, -0.2) is 0 Å². The van der Waals surface area contributed by atoms with Gasteiger partial charge < -0.3 is 4.90 Å². The highest BCUT2D eigenvalue weighted by Crippen LogP contribution is 1.68. The molecular weight excluding hydrogens is 94.1 g/mol. The Morgan fingerprint density at radius 2 is 2.14 bits per heavy atom. The third kappa shape index (κ3) is 2.13. The number of hydrogen-bond acceptors (Lipinski definition) is 3. The Labute approximate surface area is 42.1 Å². The smallest absolute Gasteiger partial charge is 0.211 e. The summed E-state index contributed by atoms with van der Waals surface area (Å²) in [6, 6.07) is 0. The maximum absolute atomic E-state index is 9.71. The van der Waals surface area contributed by atoms with E-state index in [0.717, 1.165) is 0 Å². The van der Waals surface area contributed by atoms with Crippen LogP contribution in [0.2, 0.25) is 0 Å². The number of hydrogen-bond donors (Lipinski definition) is 2. The summed E-state index contributed by atoms with van der Waals surface area (Å²) in [6.45, 7) is 0. The number of rotatable bonds is 2. The SMILES string of the molecule is CN(C=O)C(N)N. The molecule has 0 fully saturated rings. The zero-order chi connectivity index (χ0) is 5.86. The lowest BCUT2D eigenvalue weighted by Crippen LogP contribution is -2.45. The van der Waals surface area contributed by atoms with Crippen LogP contribution in [0.25, 0.3) is 0 Å². The van der Waals surface area contributed by atoms with Crippen molar-refractivity contribution >= 4 is 6.41 Å². The van der Waals surface area contributed by atoms with E-state index in [9.17, 15) is 4.79 Å². The summed E-state index contributed by atoms with van der Waals surface area (Å²) in [6.07, 6.45) is -0.0949. The van der Waals surface area contributed by atoms with E-state index in [1.807, 2.05) is 0 Å². The van der Waals surface area contributed by atoms with Gasteiger partial charge in [0.1, 0.15) is 6.29 Å². The molecule has 0 bridgehead atoms. The molecule has 0 aliphatic heterocycles. The minimum absolute atomic E-state index is 0.574. The first kappa shape index (κ1) is 6.39. The van der Waals surface area contributed by atoms with E-state index in [1.54, 1.807) is 0 Å². The lowest BCUT2D eigenvalue weighted by Gasteiger charge is -2.13. The molecule has 1 amide bonds. The van der Waals surface area contributed by atoms with Crippen LogP contribution in [0.15, 0.2) is 0 Å². The quantitative estimate of drug-likeness (QED) is 0.322. The first-order valence-corrected chi connectivity index (χ1v) is 1.87. The summed E-state index contributed by atoms with van der Waals surface area (Å²) >= 11 is 0. The van der Waals surface area contributed by atoms with Crippen molar-refractivity contribution < 1.29 is 4.79 Å². The molecule has 0 atom stereocenters. The summed E-state index contributed by atoms with van der Waals surface area (Å²) in [5, 5.41) is 0. The van der Waals surface area contributed by atoms with Gasteiger partial charge in [-0.15, -0.1) is 0 Å². The average molecular weight is 103 g/mol. The molecule has 0 unspecified atom stereocenters. The maximum Gasteiger partial charge on any atom is 0.211 e. The summed E-state index contributed by atoms with van der Waals surface area (Å²) in [4.78, 5) is 10.9. The molecule has 4 N–H and O–H groups in total. The van der Waals surface area contributed by atoms with E-state index < -0.39 is 6.29 Å². The van der Waals surface area contributed by atoms with Crippen molar-refractivity contribution in [2.45, 2.75) is 6.29 Å². The highest BCUT2D eigenvalue weighted by molar-refractivity contribution is 5.46. The molecule has 4 heteroatoms. The van der Waals surface area contributed by atoms with Crippen LogP contribution < -0.4 is 11.5 Å². The molecule has 0 aliphatic carbocycles. The van der Waals surface area contributed by atoms with Crippen molar-refractivity contribution in [1.29, 1.82) is 0 Å². The Hall–Kier alpha value is -0.610. The molecule has 0 spiro atoms. The Balaban J connectivity index is 3.33. The lowest BCUT2D eigenvalue weighted by molar-refractivity contribution is -0.118. The number of amides is 1. The van der Waals surface area contributed by atoms with Crippen LogP contribution in [0.3, 0.4) is 0 Å². The summed E-state index contributed by atoms with van der Waals surface area (Å²) < 4.78 is 0. The topological polar surface area (TPSA) is 72.3 Å². The molecular formula is C3H9N3O. The highest BCUT2D eigenvalue weighted by atomic mass is 16.1. The molecule has 0 rings (SSSR count). The van der Waals surface area contributed by atoms with Crippen molar-refractivity contribution in [3.05, 3.63) is 0 Å². The van der Waals surface area contributed by atoms with Gasteiger partial charge >= 0.3 is 0 Å². The fourth-order valence-electron chi connectivity index (χ4n) is 0.0703. The highest BCUT2D eigenvalue weighted by Gasteiger charge is 1.95. The normalized spacial score (nSPS) is 9.14. The molecule has 42 valence electrons. The Morgan fingerprint density at radius 3 is 2.14 bits per heavy atom. The maximum atomic E-state index is 9.71. The summed E-state index contributed by atoms with van der Waals surface area (Å²) in [5.74, 6) is 0. The number of carbonyl (C=O) groups is 1. The Kier molecular flexibility index (Phi) is 2.32. The molecule has 0 radical (unpaired) electrons. The summed E-state index contributed by atoms with van der Waals surface area (Å²) in [7, 11) is 1.51. The molecule has 7 heavy (non-hydrogen) atoms. The minimum atomic E-state index is -0.669. The van der Waals surface area contributed by atoms with Crippen LogP contribution >= 0.6 is 0 Å². The molecule has 0 aromatic carbocycles. The third-order valence-electron chi connectivity index (χ3n) is 0.637. The number of carbonyl (C=O) groups excluding carboxylic acids is 1. The Bertz CT molecular complexity index is 63.2. The second-order valence-corrected chi connectivity index (χ2v) is 1.26. The van der Waals surface area contributed by atoms with E-state index in [0.29, 0.717) is 6.41 Å². The van der Waals surface area contributed by atoms with E-state index in [2.05, 4.69) is 0 Å². The first-order valence-electron chi connectivity index (χ1n) is 1.87. The van der Waals surface area contributed by atoms with Crippen molar-refractivity contribution in [2.75, 3.05) is 7.05 Å². The van der Waals surface area contributed by atoms with Crippen LogP contribution in [0.5, 0.6) is 0 Å². The van der Waals surface area contributed by atoms with Gasteiger partial charge in [0, 0.05) is 7.05 Å². The van der Waals surface area contributed by atoms with Gasteiger partial charge in [-0.1, -0.05) is 0 Å². The van der Waals surface area contributed by atoms with Gasteiger partial charge in [0.15, 0.2) is 0 Å². The fourth-order valence-corrected chi connectivity index (χ4v) is 0.0703. The average Bonchev–Trinajstić information content (AvgIpc) is 1.65. The van der Waals surface area contributed by atoms with Gasteiger partial charge in [0.2, 0.25) is 6.41 Å². The largest absolute Gasteiger partial charge is 0.320 e. The van der Waals surface area contributed by atoms with Crippen LogP contribution in [0.4, 0.5) is 0 Å². The van der Waals surface area contributed by atoms with Crippen molar-refractivity contribution in [3.8, 4) is 0 Å². The molecule has 0 aliphatic rings. The van der Waals surface area contributed by atoms with E-state index in [4.69, 9.17) is 11.5 Å². The van der Waals surface area contributed by atoms with Crippen LogP contribution in [0, 0.1) is 0 Å². The van der Waals surface area contributed by atoms with Gasteiger partial charge in [0.05, 0.1) is 0 Å². The zero-order valence-electron chi connectivity index (χ0n) is 4.16. The second-order valence-electron chi connectivity index (χ2n) is 1.26. The van der Waals surface area contributed by atoms with Gasteiger partial charge in [-0.05, 0) is 0 Å². The predicted octanol–water partition coefficient (Wildman–Crippen LogP) is -1.72. The molecule has 0 aromatic rings. The molecule has 0 heterocycles.